The second-order valence-corrected chi connectivity index (χ2v) is 6.73. The predicted octanol–water partition coefficient (Wildman–Crippen LogP) is -0.287. The highest BCUT2D eigenvalue weighted by molar-refractivity contribution is 7.87. The first-order valence-electron chi connectivity index (χ1n) is 6.56. The summed E-state index contributed by atoms with van der Waals surface area (Å²) in [6, 6.07) is 5.96. The lowest BCUT2D eigenvalue weighted by molar-refractivity contribution is -0.141. The standard InChI is InChI=1S/C13H18N2O5S/c1-9(16)12(13(17)18)14-21(19,20)15-7-6-10-4-2-3-5-11(10)8-15/h2-5,9,12,14,16H,6-8H2,1H3,(H,17,18). The van der Waals surface area contributed by atoms with Crippen LogP contribution in [0.5, 0.6) is 0 Å². The Labute approximate surface area is 123 Å². The van der Waals surface area contributed by atoms with Crippen molar-refractivity contribution >= 4 is 16.2 Å². The van der Waals surface area contributed by atoms with Crippen LogP contribution in [0.2, 0.25) is 0 Å². The van der Waals surface area contributed by atoms with Crippen LogP contribution < -0.4 is 4.72 Å². The van der Waals surface area contributed by atoms with Crippen molar-refractivity contribution in [2.75, 3.05) is 6.54 Å². The highest BCUT2D eigenvalue weighted by Gasteiger charge is 2.33. The molecule has 0 radical (unpaired) electrons. The summed E-state index contributed by atoms with van der Waals surface area (Å²) < 4.78 is 27.7. The van der Waals surface area contributed by atoms with Gasteiger partial charge < -0.3 is 10.2 Å². The lowest BCUT2D eigenvalue weighted by Gasteiger charge is -2.29. The minimum absolute atomic E-state index is 0.192. The average Bonchev–Trinajstić information content (AvgIpc) is 2.43. The largest absolute Gasteiger partial charge is 0.480 e. The molecule has 1 aromatic carbocycles. The molecule has 7 nitrogen and oxygen atoms in total. The molecule has 1 heterocycles. The molecule has 1 aromatic rings. The minimum atomic E-state index is -3.97. The molecule has 0 saturated carbocycles. The number of nitrogens with zero attached hydrogens (tertiary/aromatic N) is 1. The van der Waals surface area contributed by atoms with Crippen LogP contribution in [0.3, 0.4) is 0 Å². The van der Waals surface area contributed by atoms with Crippen LogP contribution in [0, 0.1) is 0 Å². The van der Waals surface area contributed by atoms with E-state index in [1.165, 1.54) is 11.2 Å². The fraction of sp³-hybridized carbons (Fsp3) is 0.462. The van der Waals surface area contributed by atoms with Gasteiger partial charge in [0.1, 0.15) is 6.04 Å². The van der Waals surface area contributed by atoms with Crippen LogP contribution >= 0.6 is 0 Å². The number of carboxylic acids is 1. The van der Waals surface area contributed by atoms with Crippen LogP contribution in [0.1, 0.15) is 18.1 Å². The van der Waals surface area contributed by atoms with E-state index < -0.39 is 28.3 Å². The van der Waals surface area contributed by atoms with Gasteiger partial charge in [0.25, 0.3) is 10.2 Å². The fourth-order valence-electron chi connectivity index (χ4n) is 2.27. The molecular formula is C13H18N2O5S. The molecule has 0 aromatic heterocycles. The summed E-state index contributed by atoms with van der Waals surface area (Å²) in [7, 11) is -3.97. The smallest absolute Gasteiger partial charge is 0.324 e. The summed E-state index contributed by atoms with van der Waals surface area (Å²) >= 11 is 0. The van der Waals surface area contributed by atoms with Crippen molar-refractivity contribution in [1.29, 1.82) is 0 Å². The van der Waals surface area contributed by atoms with Crippen LogP contribution in [0.15, 0.2) is 24.3 Å². The van der Waals surface area contributed by atoms with E-state index in [1.807, 2.05) is 29.0 Å². The summed E-state index contributed by atoms with van der Waals surface area (Å²) in [6.07, 6.45) is -0.752. The quantitative estimate of drug-likeness (QED) is 0.692. The highest BCUT2D eigenvalue weighted by atomic mass is 32.2. The van der Waals surface area contributed by atoms with Gasteiger partial charge in [-0.2, -0.15) is 17.4 Å². The van der Waals surface area contributed by atoms with Gasteiger partial charge in [-0.1, -0.05) is 24.3 Å². The van der Waals surface area contributed by atoms with Crippen LogP contribution in [-0.4, -0.2) is 47.6 Å². The molecule has 2 unspecified atom stereocenters. The SMILES string of the molecule is CC(O)C(NS(=O)(=O)N1CCc2ccccc2C1)C(=O)O. The maximum Gasteiger partial charge on any atom is 0.324 e. The van der Waals surface area contributed by atoms with Gasteiger partial charge in [-0.05, 0) is 24.5 Å². The third-order valence-corrected chi connectivity index (χ3v) is 5.00. The molecule has 8 heteroatoms. The molecule has 1 aliphatic rings. The lowest BCUT2D eigenvalue weighted by Crippen LogP contribution is -2.53. The Bertz CT molecular complexity index is 629. The van der Waals surface area contributed by atoms with Crippen molar-refractivity contribution in [1.82, 2.24) is 9.03 Å². The van der Waals surface area contributed by atoms with Crippen molar-refractivity contribution in [3.63, 3.8) is 0 Å². The van der Waals surface area contributed by atoms with Gasteiger partial charge in [-0.3, -0.25) is 4.79 Å². The second-order valence-electron chi connectivity index (χ2n) is 5.03. The molecule has 2 atom stereocenters. The summed E-state index contributed by atoms with van der Waals surface area (Å²) in [5.41, 5.74) is 1.99. The molecule has 0 spiro atoms. The van der Waals surface area contributed by atoms with Crippen molar-refractivity contribution in [3.8, 4) is 0 Å². The number of rotatable bonds is 5. The van der Waals surface area contributed by atoms with Gasteiger partial charge in [0.05, 0.1) is 6.10 Å². The predicted molar refractivity (Wildman–Crippen MR) is 75.7 cm³/mol. The number of aliphatic hydroxyl groups excluding tert-OH is 1. The Balaban J connectivity index is 2.16. The average molecular weight is 314 g/mol. The lowest BCUT2D eigenvalue weighted by atomic mass is 10.0. The monoisotopic (exact) mass is 314 g/mol. The third-order valence-electron chi connectivity index (χ3n) is 3.46. The van der Waals surface area contributed by atoms with Gasteiger partial charge in [0, 0.05) is 13.1 Å². The first-order valence-corrected chi connectivity index (χ1v) is 8.00. The zero-order valence-electron chi connectivity index (χ0n) is 11.6. The second kappa shape index (κ2) is 6.10. The van der Waals surface area contributed by atoms with E-state index in [4.69, 9.17) is 5.11 Å². The number of carbonyl (C=O) groups is 1. The minimum Gasteiger partial charge on any atom is -0.480 e. The van der Waals surface area contributed by atoms with Crippen molar-refractivity contribution in [3.05, 3.63) is 35.4 Å². The molecule has 0 aliphatic carbocycles. The number of nitrogens with one attached hydrogen (secondary N) is 1. The van der Waals surface area contributed by atoms with E-state index in [0.29, 0.717) is 6.42 Å². The number of hydrogen-bond acceptors (Lipinski definition) is 4. The normalized spacial score (nSPS) is 18.8. The van der Waals surface area contributed by atoms with Gasteiger partial charge in [-0.25, -0.2) is 0 Å². The zero-order chi connectivity index (χ0) is 15.6. The number of carboxylic acid groups (broad SMARTS) is 1. The summed E-state index contributed by atoms with van der Waals surface area (Å²) in [6.45, 7) is 1.70. The van der Waals surface area contributed by atoms with E-state index in [2.05, 4.69) is 0 Å². The van der Waals surface area contributed by atoms with Crippen molar-refractivity contribution in [2.45, 2.75) is 32.0 Å². The third kappa shape index (κ3) is 3.59. The number of aliphatic carboxylic acids is 1. The first-order chi connectivity index (χ1) is 9.81. The van der Waals surface area contributed by atoms with Crippen molar-refractivity contribution in [2.24, 2.45) is 0 Å². The maximum atomic E-state index is 12.3. The number of hydrogen-bond donors (Lipinski definition) is 3. The van der Waals surface area contributed by atoms with E-state index in [9.17, 15) is 18.3 Å². The van der Waals surface area contributed by atoms with Gasteiger partial charge in [0.15, 0.2) is 0 Å². The van der Waals surface area contributed by atoms with Gasteiger partial charge in [0.2, 0.25) is 0 Å². The van der Waals surface area contributed by atoms with E-state index in [0.717, 1.165) is 11.1 Å². The number of fused-ring (bicyclic) bond motifs is 1. The van der Waals surface area contributed by atoms with Crippen LogP contribution in [0.4, 0.5) is 0 Å². The Hall–Kier alpha value is -1.48. The summed E-state index contributed by atoms with van der Waals surface area (Å²) in [4.78, 5) is 11.0. The van der Waals surface area contributed by atoms with Crippen LogP contribution in [0.25, 0.3) is 0 Å². The fourth-order valence-corrected chi connectivity index (χ4v) is 3.67. The van der Waals surface area contributed by atoms with Gasteiger partial charge in [-0.15, -0.1) is 0 Å². The molecule has 116 valence electrons. The Morgan fingerprint density at radius 3 is 2.52 bits per heavy atom. The summed E-state index contributed by atoms with van der Waals surface area (Å²) in [5, 5.41) is 18.3. The topological polar surface area (TPSA) is 107 Å². The Morgan fingerprint density at radius 1 is 1.33 bits per heavy atom. The van der Waals surface area contributed by atoms with Gasteiger partial charge >= 0.3 is 5.97 Å². The molecule has 0 bridgehead atoms. The molecule has 1 aliphatic heterocycles. The molecule has 3 N–H and O–H groups in total. The van der Waals surface area contributed by atoms with E-state index in [-0.39, 0.29) is 13.1 Å². The van der Waals surface area contributed by atoms with E-state index >= 15 is 0 Å². The molecule has 2 rings (SSSR count). The van der Waals surface area contributed by atoms with E-state index in [1.54, 1.807) is 0 Å². The van der Waals surface area contributed by atoms with Crippen LogP contribution in [-0.2, 0) is 28.0 Å². The zero-order valence-corrected chi connectivity index (χ0v) is 12.4. The maximum absolute atomic E-state index is 12.3. The van der Waals surface area contributed by atoms with Crippen molar-refractivity contribution < 1.29 is 23.4 Å². The molecular weight excluding hydrogens is 296 g/mol. The number of aliphatic hydroxyl groups is 1. The summed E-state index contributed by atoms with van der Waals surface area (Å²) in [5.74, 6) is -1.41. The number of benzene rings is 1. The first kappa shape index (κ1) is 15.9. The molecule has 0 amide bonds. The Morgan fingerprint density at radius 2 is 1.95 bits per heavy atom. The molecule has 21 heavy (non-hydrogen) atoms. The molecule has 0 fully saturated rings. The highest BCUT2D eigenvalue weighted by Crippen LogP contribution is 2.20. The Kier molecular flexibility index (Phi) is 4.62. The molecule has 0 saturated heterocycles.